The predicted molar refractivity (Wildman–Crippen MR) is 71.4 cm³/mol. The molecule has 0 spiro atoms. The van der Waals surface area contributed by atoms with Crippen molar-refractivity contribution in [2.75, 3.05) is 7.11 Å². The third-order valence-corrected chi connectivity index (χ3v) is 3.34. The number of benzene rings is 1. The van der Waals surface area contributed by atoms with E-state index in [4.69, 9.17) is 10.00 Å². The van der Waals surface area contributed by atoms with Gasteiger partial charge in [0, 0.05) is 17.7 Å². The Morgan fingerprint density at radius 2 is 2.26 bits per heavy atom. The van der Waals surface area contributed by atoms with Gasteiger partial charge in [-0.15, -0.1) is 0 Å². The van der Waals surface area contributed by atoms with Crippen molar-refractivity contribution in [1.29, 1.82) is 5.26 Å². The quantitative estimate of drug-likeness (QED) is 0.841. The summed E-state index contributed by atoms with van der Waals surface area (Å²) in [7, 11) is 1.66. The van der Waals surface area contributed by atoms with Gasteiger partial charge < -0.3 is 4.74 Å². The Kier molecular flexibility index (Phi) is 2.96. The van der Waals surface area contributed by atoms with Gasteiger partial charge in [-0.3, -0.25) is 0 Å². The minimum atomic E-state index is 0.358. The monoisotopic (exact) mass is 253 g/mol. The van der Waals surface area contributed by atoms with E-state index >= 15 is 0 Å². The maximum absolute atomic E-state index is 8.81. The number of nitriles is 1. The third-order valence-electron chi connectivity index (χ3n) is 3.34. The molecule has 0 radical (unpaired) electrons. The molecule has 4 heteroatoms. The summed E-state index contributed by atoms with van der Waals surface area (Å²) >= 11 is 0. The molecule has 19 heavy (non-hydrogen) atoms. The zero-order valence-electron chi connectivity index (χ0n) is 10.8. The van der Waals surface area contributed by atoms with E-state index in [1.165, 1.54) is 18.5 Å². The molecule has 1 aromatic heterocycles. The SMILES string of the molecule is COc1cccc(-n2nc(CC#N)cc2C2CC2)c1. The van der Waals surface area contributed by atoms with Gasteiger partial charge in [0.1, 0.15) is 5.75 Å². The average molecular weight is 253 g/mol. The molecule has 4 nitrogen and oxygen atoms in total. The third kappa shape index (κ3) is 2.32. The molecule has 0 atom stereocenters. The zero-order chi connectivity index (χ0) is 13.2. The second-order valence-electron chi connectivity index (χ2n) is 4.78. The van der Waals surface area contributed by atoms with E-state index in [0.29, 0.717) is 12.3 Å². The molecule has 0 aliphatic heterocycles. The first-order valence-electron chi connectivity index (χ1n) is 6.42. The van der Waals surface area contributed by atoms with Crippen LogP contribution in [-0.2, 0) is 6.42 Å². The summed E-state index contributed by atoms with van der Waals surface area (Å²) in [6, 6.07) is 12.1. The van der Waals surface area contributed by atoms with E-state index in [0.717, 1.165) is 17.1 Å². The summed E-state index contributed by atoms with van der Waals surface area (Å²) < 4.78 is 7.20. The molecule has 3 rings (SSSR count). The molecule has 0 N–H and O–H groups in total. The number of ether oxygens (including phenoxy) is 1. The van der Waals surface area contributed by atoms with Gasteiger partial charge in [0.25, 0.3) is 0 Å². The molecular weight excluding hydrogens is 238 g/mol. The topological polar surface area (TPSA) is 50.8 Å². The van der Waals surface area contributed by atoms with Crippen molar-refractivity contribution in [2.45, 2.75) is 25.2 Å². The van der Waals surface area contributed by atoms with Crippen molar-refractivity contribution >= 4 is 0 Å². The van der Waals surface area contributed by atoms with Crippen LogP contribution >= 0.6 is 0 Å². The fourth-order valence-electron chi connectivity index (χ4n) is 2.23. The van der Waals surface area contributed by atoms with Crippen LogP contribution < -0.4 is 4.74 Å². The predicted octanol–water partition coefficient (Wildman–Crippen LogP) is 2.82. The van der Waals surface area contributed by atoms with Crippen LogP contribution in [0.2, 0.25) is 0 Å². The highest BCUT2D eigenvalue weighted by Crippen LogP contribution is 2.41. The van der Waals surface area contributed by atoms with Crippen molar-refractivity contribution in [3.05, 3.63) is 41.7 Å². The molecule has 0 unspecified atom stereocenters. The highest BCUT2D eigenvalue weighted by molar-refractivity contribution is 5.41. The fourth-order valence-corrected chi connectivity index (χ4v) is 2.23. The Bertz CT molecular complexity index is 635. The van der Waals surface area contributed by atoms with E-state index in [1.807, 2.05) is 28.9 Å². The molecule has 0 saturated heterocycles. The molecule has 1 saturated carbocycles. The van der Waals surface area contributed by atoms with Gasteiger partial charge in [0.2, 0.25) is 0 Å². The van der Waals surface area contributed by atoms with Gasteiger partial charge in [-0.05, 0) is 31.0 Å². The lowest BCUT2D eigenvalue weighted by molar-refractivity contribution is 0.414. The molecule has 2 aromatic rings. The lowest BCUT2D eigenvalue weighted by Crippen LogP contribution is -2.01. The summed E-state index contributed by atoms with van der Waals surface area (Å²) in [5, 5.41) is 13.4. The summed E-state index contributed by atoms with van der Waals surface area (Å²) in [5.41, 5.74) is 3.04. The van der Waals surface area contributed by atoms with Crippen LogP contribution in [0.15, 0.2) is 30.3 Å². The number of methoxy groups -OCH3 is 1. The Hall–Kier alpha value is -2.28. The largest absolute Gasteiger partial charge is 0.497 e. The molecule has 1 aromatic carbocycles. The standard InChI is InChI=1S/C15H15N3O/c1-19-14-4-2-3-13(10-14)18-15(11-5-6-11)9-12(17-18)7-8-16/h2-4,9-11H,5-7H2,1H3. The van der Waals surface area contributed by atoms with Gasteiger partial charge in [0.05, 0.1) is 31.0 Å². The summed E-state index contributed by atoms with van der Waals surface area (Å²) in [4.78, 5) is 0. The second kappa shape index (κ2) is 4.77. The molecule has 1 aliphatic carbocycles. The fraction of sp³-hybridized carbons (Fsp3) is 0.333. The highest BCUT2D eigenvalue weighted by atomic mass is 16.5. The van der Waals surface area contributed by atoms with Crippen molar-refractivity contribution in [1.82, 2.24) is 9.78 Å². The van der Waals surface area contributed by atoms with E-state index in [1.54, 1.807) is 7.11 Å². The van der Waals surface area contributed by atoms with Crippen molar-refractivity contribution < 1.29 is 4.74 Å². The second-order valence-corrected chi connectivity index (χ2v) is 4.78. The van der Waals surface area contributed by atoms with Crippen LogP contribution in [0.1, 0.15) is 30.1 Å². The summed E-state index contributed by atoms with van der Waals surface area (Å²) in [6.07, 6.45) is 2.78. The molecule has 1 heterocycles. The maximum Gasteiger partial charge on any atom is 0.121 e. The number of nitrogens with zero attached hydrogens (tertiary/aromatic N) is 3. The number of aromatic nitrogens is 2. The van der Waals surface area contributed by atoms with Crippen LogP contribution in [0, 0.1) is 11.3 Å². The Balaban J connectivity index is 2.04. The van der Waals surface area contributed by atoms with Gasteiger partial charge in [-0.25, -0.2) is 4.68 Å². The minimum Gasteiger partial charge on any atom is -0.497 e. The molecule has 1 aliphatic rings. The minimum absolute atomic E-state index is 0.358. The molecule has 1 fully saturated rings. The lowest BCUT2D eigenvalue weighted by Gasteiger charge is -2.08. The Morgan fingerprint density at radius 3 is 2.95 bits per heavy atom. The van der Waals surface area contributed by atoms with Gasteiger partial charge in [-0.1, -0.05) is 6.07 Å². The Morgan fingerprint density at radius 1 is 1.42 bits per heavy atom. The molecule has 96 valence electrons. The van der Waals surface area contributed by atoms with E-state index < -0.39 is 0 Å². The van der Waals surface area contributed by atoms with Crippen LogP contribution in [0.5, 0.6) is 5.75 Å². The van der Waals surface area contributed by atoms with Gasteiger partial charge in [-0.2, -0.15) is 10.4 Å². The zero-order valence-corrected chi connectivity index (χ0v) is 10.8. The van der Waals surface area contributed by atoms with E-state index in [-0.39, 0.29) is 0 Å². The van der Waals surface area contributed by atoms with E-state index in [2.05, 4.69) is 17.2 Å². The van der Waals surface area contributed by atoms with Crippen molar-refractivity contribution in [3.8, 4) is 17.5 Å². The van der Waals surface area contributed by atoms with Crippen LogP contribution in [0.25, 0.3) is 5.69 Å². The summed E-state index contributed by atoms with van der Waals surface area (Å²) in [5.74, 6) is 1.41. The highest BCUT2D eigenvalue weighted by Gasteiger charge is 2.28. The maximum atomic E-state index is 8.81. The summed E-state index contributed by atoms with van der Waals surface area (Å²) in [6.45, 7) is 0. The number of rotatable bonds is 4. The molecule has 0 bridgehead atoms. The smallest absolute Gasteiger partial charge is 0.121 e. The lowest BCUT2D eigenvalue weighted by atomic mass is 10.2. The van der Waals surface area contributed by atoms with Gasteiger partial charge >= 0.3 is 0 Å². The molecular formula is C15H15N3O. The van der Waals surface area contributed by atoms with Crippen molar-refractivity contribution in [2.24, 2.45) is 0 Å². The average Bonchev–Trinajstić information content (AvgIpc) is 3.20. The van der Waals surface area contributed by atoms with Crippen LogP contribution in [-0.4, -0.2) is 16.9 Å². The number of hydrogen-bond acceptors (Lipinski definition) is 3. The normalized spacial score (nSPS) is 14.1. The first-order valence-corrected chi connectivity index (χ1v) is 6.42. The van der Waals surface area contributed by atoms with E-state index in [9.17, 15) is 0 Å². The Labute approximate surface area is 112 Å². The van der Waals surface area contributed by atoms with Gasteiger partial charge in [0.15, 0.2) is 0 Å². The molecule has 0 amide bonds. The number of hydrogen-bond donors (Lipinski definition) is 0. The van der Waals surface area contributed by atoms with Crippen molar-refractivity contribution in [3.63, 3.8) is 0 Å². The first kappa shape index (κ1) is 11.8. The van der Waals surface area contributed by atoms with Crippen LogP contribution in [0.3, 0.4) is 0 Å². The van der Waals surface area contributed by atoms with Crippen LogP contribution in [0.4, 0.5) is 0 Å². The first-order chi connectivity index (χ1) is 9.31.